The van der Waals surface area contributed by atoms with E-state index < -0.39 is 0 Å². The Kier molecular flexibility index (Phi) is 3.34. The number of carbonyl (C=O) groups excluding carboxylic acids is 1. The zero-order chi connectivity index (χ0) is 8.97. The Morgan fingerprint density at radius 2 is 2.33 bits per heavy atom. The Labute approximate surface area is 73.1 Å². The lowest BCUT2D eigenvalue weighted by Gasteiger charge is -2.14. The van der Waals surface area contributed by atoms with Gasteiger partial charge in [0.25, 0.3) is 0 Å². The number of amides is 2. The van der Waals surface area contributed by atoms with Crippen LogP contribution in [0.3, 0.4) is 0 Å². The van der Waals surface area contributed by atoms with Crippen LogP contribution in [0.5, 0.6) is 0 Å². The molecule has 0 aliphatic carbocycles. The topological polar surface area (TPSA) is 53.2 Å². The van der Waals surface area contributed by atoms with E-state index >= 15 is 0 Å². The maximum atomic E-state index is 11.2. The van der Waals surface area contributed by atoms with E-state index in [0.717, 1.165) is 19.5 Å². The van der Waals surface area contributed by atoms with E-state index in [4.69, 9.17) is 0 Å². The van der Waals surface area contributed by atoms with Crippen LogP contribution in [0.2, 0.25) is 0 Å². The lowest BCUT2D eigenvalue weighted by atomic mass is 10.3. The summed E-state index contributed by atoms with van der Waals surface area (Å²) in [6.07, 6.45) is 1.03. The van der Waals surface area contributed by atoms with Crippen LogP contribution in [0.1, 0.15) is 20.3 Å². The molecule has 1 fully saturated rings. The van der Waals surface area contributed by atoms with E-state index in [1.807, 2.05) is 13.8 Å². The summed E-state index contributed by atoms with van der Waals surface area (Å²) in [7, 11) is 0. The zero-order valence-electron chi connectivity index (χ0n) is 7.68. The predicted molar refractivity (Wildman–Crippen MR) is 48.1 cm³/mol. The van der Waals surface area contributed by atoms with E-state index in [1.165, 1.54) is 0 Å². The third kappa shape index (κ3) is 3.09. The molecule has 0 saturated carbocycles. The third-order valence-corrected chi connectivity index (χ3v) is 1.82. The molecule has 1 saturated heterocycles. The van der Waals surface area contributed by atoms with Crippen LogP contribution in [-0.4, -0.2) is 31.2 Å². The van der Waals surface area contributed by atoms with Crippen LogP contribution in [-0.2, 0) is 0 Å². The fourth-order valence-electron chi connectivity index (χ4n) is 1.27. The molecule has 1 heterocycles. The molecule has 4 nitrogen and oxygen atoms in total. The Balaban J connectivity index is 2.16. The van der Waals surface area contributed by atoms with Gasteiger partial charge in [-0.1, -0.05) is 0 Å². The number of carbonyl (C=O) groups is 1. The summed E-state index contributed by atoms with van der Waals surface area (Å²) in [6, 6.07) is 0.460. The standard InChI is InChI=1S/C8H17N3O/c1-6(2)10-8(12)11-7-3-4-9-5-7/h6-7,9H,3-5H2,1-2H3,(H2,10,11,12)/t7-/m0/s1. The van der Waals surface area contributed by atoms with Crippen molar-refractivity contribution in [1.82, 2.24) is 16.0 Å². The lowest BCUT2D eigenvalue weighted by Crippen LogP contribution is -2.45. The second-order valence-electron chi connectivity index (χ2n) is 3.46. The SMILES string of the molecule is CC(C)NC(=O)N[C@H]1CCNC1. The predicted octanol–water partition coefficient (Wildman–Crippen LogP) is 0.0559. The van der Waals surface area contributed by atoms with E-state index in [1.54, 1.807) is 0 Å². The first kappa shape index (κ1) is 9.32. The number of hydrogen-bond donors (Lipinski definition) is 3. The number of rotatable bonds is 2. The van der Waals surface area contributed by atoms with Crippen molar-refractivity contribution in [2.45, 2.75) is 32.4 Å². The van der Waals surface area contributed by atoms with Crippen LogP contribution < -0.4 is 16.0 Å². The first-order valence-electron chi connectivity index (χ1n) is 4.46. The van der Waals surface area contributed by atoms with Gasteiger partial charge in [0.05, 0.1) is 0 Å². The minimum Gasteiger partial charge on any atom is -0.336 e. The Morgan fingerprint density at radius 1 is 1.58 bits per heavy atom. The molecule has 0 aromatic carbocycles. The summed E-state index contributed by atoms with van der Waals surface area (Å²) in [6.45, 7) is 5.80. The largest absolute Gasteiger partial charge is 0.336 e. The molecule has 0 unspecified atom stereocenters. The fourth-order valence-corrected chi connectivity index (χ4v) is 1.27. The Morgan fingerprint density at radius 3 is 2.83 bits per heavy atom. The highest BCUT2D eigenvalue weighted by molar-refractivity contribution is 5.74. The molecule has 12 heavy (non-hydrogen) atoms. The van der Waals surface area contributed by atoms with Crippen LogP contribution in [0, 0.1) is 0 Å². The van der Waals surface area contributed by atoms with Gasteiger partial charge >= 0.3 is 6.03 Å². The highest BCUT2D eigenvalue weighted by Gasteiger charge is 2.16. The Bertz CT molecular complexity index is 152. The van der Waals surface area contributed by atoms with Crippen molar-refractivity contribution < 1.29 is 4.79 Å². The second-order valence-corrected chi connectivity index (χ2v) is 3.46. The van der Waals surface area contributed by atoms with E-state index in [-0.39, 0.29) is 12.1 Å². The van der Waals surface area contributed by atoms with Gasteiger partial charge in [-0.05, 0) is 26.8 Å². The van der Waals surface area contributed by atoms with Crippen LogP contribution in [0.15, 0.2) is 0 Å². The molecule has 0 spiro atoms. The molecule has 0 aromatic rings. The second kappa shape index (κ2) is 4.30. The van der Waals surface area contributed by atoms with Crippen molar-refractivity contribution in [1.29, 1.82) is 0 Å². The fraction of sp³-hybridized carbons (Fsp3) is 0.875. The Hall–Kier alpha value is -0.770. The van der Waals surface area contributed by atoms with Gasteiger partial charge in [-0.25, -0.2) is 4.79 Å². The van der Waals surface area contributed by atoms with Gasteiger partial charge in [0.2, 0.25) is 0 Å². The van der Waals surface area contributed by atoms with Gasteiger partial charge in [0.1, 0.15) is 0 Å². The minimum atomic E-state index is -0.0568. The summed E-state index contributed by atoms with van der Waals surface area (Å²) in [5, 5.41) is 8.88. The number of urea groups is 1. The summed E-state index contributed by atoms with van der Waals surface area (Å²) in [5.41, 5.74) is 0. The molecule has 0 radical (unpaired) electrons. The van der Waals surface area contributed by atoms with Crippen molar-refractivity contribution in [2.24, 2.45) is 0 Å². The quantitative estimate of drug-likeness (QED) is 0.550. The highest BCUT2D eigenvalue weighted by atomic mass is 16.2. The summed E-state index contributed by atoms with van der Waals surface area (Å²) >= 11 is 0. The van der Waals surface area contributed by atoms with E-state index in [9.17, 15) is 4.79 Å². The van der Waals surface area contributed by atoms with Gasteiger partial charge in [0.15, 0.2) is 0 Å². The maximum Gasteiger partial charge on any atom is 0.315 e. The van der Waals surface area contributed by atoms with Crippen molar-refractivity contribution in [2.75, 3.05) is 13.1 Å². The van der Waals surface area contributed by atoms with E-state index in [2.05, 4.69) is 16.0 Å². The summed E-state index contributed by atoms with van der Waals surface area (Å²) in [5.74, 6) is 0. The lowest BCUT2D eigenvalue weighted by molar-refractivity contribution is 0.235. The van der Waals surface area contributed by atoms with Crippen molar-refractivity contribution in [3.05, 3.63) is 0 Å². The molecule has 0 bridgehead atoms. The third-order valence-electron chi connectivity index (χ3n) is 1.82. The highest BCUT2D eigenvalue weighted by Crippen LogP contribution is 1.96. The molecule has 70 valence electrons. The van der Waals surface area contributed by atoms with Crippen LogP contribution in [0.4, 0.5) is 4.79 Å². The average molecular weight is 171 g/mol. The summed E-state index contributed by atoms with van der Waals surface area (Å²) < 4.78 is 0. The smallest absolute Gasteiger partial charge is 0.315 e. The van der Waals surface area contributed by atoms with Gasteiger partial charge in [0, 0.05) is 18.6 Å². The molecular formula is C8H17N3O. The van der Waals surface area contributed by atoms with Gasteiger partial charge in [-0.3, -0.25) is 0 Å². The van der Waals surface area contributed by atoms with Gasteiger partial charge in [-0.2, -0.15) is 0 Å². The molecule has 2 amide bonds. The molecule has 1 rings (SSSR count). The normalized spacial score (nSPS) is 22.8. The molecular weight excluding hydrogens is 154 g/mol. The van der Waals surface area contributed by atoms with Crippen molar-refractivity contribution in [3.63, 3.8) is 0 Å². The first-order chi connectivity index (χ1) is 5.68. The van der Waals surface area contributed by atoms with Crippen molar-refractivity contribution in [3.8, 4) is 0 Å². The molecule has 1 atom stereocenters. The van der Waals surface area contributed by atoms with E-state index in [0.29, 0.717) is 6.04 Å². The average Bonchev–Trinajstić information content (AvgIpc) is 2.37. The molecule has 4 heteroatoms. The molecule has 1 aliphatic heterocycles. The molecule has 0 aromatic heterocycles. The first-order valence-corrected chi connectivity index (χ1v) is 4.46. The van der Waals surface area contributed by atoms with Gasteiger partial charge in [-0.15, -0.1) is 0 Å². The summed E-state index contributed by atoms with van der Waals surface area (Å²) in [4.78, 5) is 11.2. The zero-order valence-corrected chi connectivity index (χ0v) is 7.68. The maximum absolute atomic E-state index is 11.2. The van der Waals surface area contributed by atoms with Gasteiger partial charge < -0.3 is 16.0 Å². The van der Waals surface area contributed by atoms with Crippen LogP contribution in [0.25, 0.3) is 0 Å². The van der Waals surface area contributed by atoms with Crippen molar-refractivity contribution >= 4 is 6.03 Å². The molecule has 3 N–H and O–H groups in total. The number of hydrogen-bond acceptors (Lipinski definition) is 2. The van der Waals surface area contributed by atoms with Crippen LogP contribution >= 0.6 is 0 Å². The monoisotopic (exact) mass is 171 g/mol. The minimum absolute atomic E-state index is 0.0568. The molecule has 1 aliphatic rings. The number of nitrogens with one attached hydrogen (secondary N) is 3.